The van der Waals surface area contributed by atoms with E-state index in [0.29, 0.717) is 0 Å². The number of halogens is 1. The standard InChI is InChI=1S/C19H16ClNO/c20-19-15(11-10-14-6-4-5-9-17(14)19)12-13-18(22)21-16-7-2-1-3-8-16/h1-9,12-13H,10-11H2,(H,21,22)/b13-12+. The van der Waals surface area contributed by atoms with Crippen LogP contribution >= 0.6 is 11.6 Å². The fourth-order valence-corrected chi connectivity index (χ4v) is 2.88. The Hall–Kier alpha value is -2.32. The maximum Gasteiger partial charge on any atom is 0.248 e. The van der Waals surface area contributed by atoms with E-state index in [2.05, 4.69) is 11.4 Å². The van der Waals surface area contributed by atoms with E-state index in [4.69, 9.17) is 11.6 Å². The maximum atomic E-state index is 11.9. The molecule has 0 atom stereocenters. The molecular formula is C19H16ClNO. The Morgan fingerprint density at radius 3 is 2.55 bits per heavy atom. The van der Waals surface area contributed by atoms with Crippen molar-refractivity contribution in [2.45, 2.75) is 12.8 Å². The second kappa shape index (κ2) is 6.63. The summed E-state index contributed by atoms with van der Waals surface area (Å²) in [5.41, 5.74) is 4.12. The number of rotatable bonds is 3. The van der Waals surface area contributed by atoms with Crippen LogP contribution in [0.25, 0.3) is 5.03 Å². The van der Waals surface area contributed by atoms with Gasteiger partial charge in [0, 0.05) is 11.8 Å². The predicted molar refractivity (Wildman–Crippen MR) is 91.7 cm³/mol. The molecule has 1 amide bonds. The highest BCUT2D eigenvalue weighted by atomic mass is 35.5. The molecule has 0 heterocycles. The van der Waals surface area contributed by atoms with Gasteiger partial charge < -0.3 is 5.32 Å². The number of hydrogen-bond donors (Lipinski definition) is 1. The molecule has 0 radical (unpaired) electrons. The van der Waals surface area contributed by atoms with Crippen LogP contribution in [-0.2, 0) is 11.2 Å². The molecule has 0 aromatic heterocycles. The van der Waals surface area contributed by atoms with Gasteiger partial charge in [0.1, 0.15) is 0 Å². The molecule has 1 N–H and O–H groups in total. The zero-order chi connectivity index (χ0) is 15.4. The summed E-state index contributed by atoms with van der Waals surface area (Å²) in [6.45, 7) is 0. The first-order chi connectivity index (χ1) is 10.7. The van der Waals surface area contributed by atoms with Crippen molar-refractivity contribution in [2.75, 3.05) is 5.32 Å². The summed E-state index contributed by atoms with van der Waals surface area (Å²) in [6.07, 6.45) is 5.16. The van der Waals surface area contributed by atoms with Gasteiger partial charge in [-0.15, -0.1) is 0 Å². The second-order valence-electron chi connectivity index (χ2n) is 5.18. The van der Waals surface area contributed by atoms with Crippen LogP contribution in [0, 0.1) is 0 Å². The first-order valence-corrected chi connectivity index (χ1v) is 7.63. The SMILES string of the molecule is O=C(/C=C/C1=C(Cl)c2ccccc2CC1)Nc1ccccc1. The number of aryl methyl sites for hydroxylation is 1. The number of amides is 1. The van der Waals surface area contributed by atoms with Crippen molar-refractivity contribution in [3.05, 3.63) is 83.4 Å². The minimum absolute atomic E-state index is 0.151. The quantitative estimate of drug-likeness (QED) is 0.812. The van der Waals surface area contributed by atoms with Gasteiger partial charge in [0.2, 0.25) is 5.91 Å². The number of anilines is 1. The monoisotopic (exact) mass is 309 g/mol. The molecule has 0 unspecified atom stereocenters. The van der Waals surface area contributed by atoms with E-state index in [9.17, 15) is 4.79 Å². The third-order valence-electron chi connectivity index (χ3n) is 3.68. The van der Waals surface area contributed by atoms with Crippen molar-refractivity contribution in [1.29, 1.82) is 0 Å². The minimum Gasteiger partial charge on any atom is -0.323 e. The smallest absolute Gasteiger partial charge is 0.248 e. The van der Waals surface area contributed by atoms with E-state index in [1.807, 2.05) is 54.6 Å². The van der Waals surface area contributed by atoms with Crippen LogP contribution in [0.15, 0.2) is 72.3 Å². The number of hydrogen-bond acceptors (Lipinski definition) is 1. The Morgan fingerprint density at radius 1 is 1.00 bits per heavy atom. The molecule has 1 aliphatic rings. The van der Waals surface area contributed by atoms with E-state index < -0.39 is 0 Å². The molecule has 0 aliphatic heterocycles. The summed E-state index contributed by atoms with van der Waals surface area (Å²) in [6, 6.07) is 17.5. The lowest BCUT2D eigenvalue weighted by atomic mass is 9.92. The molecule has 0 spiro atoms. The normalized spacial score (nSPS) is 14.0. The zero-order valence-electron chi connectivity index (χ0n) is 12.1. The summed E-state index contributed by atoms with van der Waals surface area (Å²) in [5.74, 6) is -0.151. The molecule has 1 aliphatic carbocycles. The second-order valence-corrected chi connectivity index (χ2v) is 5.56. The van der Waals surface area contributed by atoms with Gasteiger partial charge in [-0.2, -0.15) is 0 Å². The summed E-state index contributed by atoms with van der Waals surface area (Å²) in [7, 11) is 0. The molecule has 2 nitrogen and oxygen atoms in total. The summed E-state index contributed by atoms with van der Waals surface area (Å²) >= 11 is 6.45. The van der Waals surface area contributed by atoms with Gasteiger partial charge in [0.15, 0.2) is 0 Å². The largest absolute Gasteiger partial charge is 0.323 e. The van der Waals surface area contributed by atoms with Crippen LogP contribution in [0.1, 0.15) is 17.5 Å². The Labute approximate surface area is 135 Å². The summed E-state index contributed by atoms with van der Waals surface area (Å²) < 4.78 is 0. The van der Waals surface area contributed by atoms with Gasteiger partial charge in [0.05, 0.1) is 5.03 Å². The third-order valence-corrected chi connectivity index (χ3v) is 4.12. The number of benzene rings is 2. The van der Waals surface area contributed by atoms with Crippen LogP contribution < -0.4 is 5.32 Å². The van der Waals surface area contributed by atoms with Crippen molar-refractivity contribution in [3.63, 3.8) is 0 Å². The number of para-hydroxylation sites is 1. The molecule has 0 saturated carbocycles. The highest BCUT2D eigenvalue weighted by Crippen LogP contribution is 2.34. The van der Waals surface area contributed by atoms with E-state index in [-0.39, 0.29) is 5.91 Å². The van der Waals surface area contributed by atoms with Crippen LogP contribution in [0.3, 0.4) is 0 Å². The number of fused-ring (bicyclic) bond motifs is 1. The van der Waals surface area contributed by atoms with Crippen molar-refractivity contribution in [3.8, 4) is 0 Å². The van der Waals surface area contributed by atoms with E-state index in [0.717, 1.165) is 34.7 Å². The Balaban J connectivity index is 1.74. The number of allylic oxidation sites excluding steroid dienone is 2. The lowest BCUT2D eigenvalue weighted by Crippen LogP contribution is -2.08. The Bertz CT molecular complexity index is 747. The molecule has 2 aromatic carbocycles. The van der Waals surface area contributed by atoms with Gasteiger partial charge in [-0.3, -0.25) is 4.79 Å². The highest BCUT2D eigenvalue weighted by Gasteiger charge is 2.15. The lowest BCUT2D eigenvalue weighted by Gasteiger charge is -2.17. The number of carbonyl (C=O) groups is 1. The van der Waals surface area contributed by atoms with Crippen molar-refractivity contribution < 1.29 is 4.79 Å². The Morgan fingerprint density at radius 2 is 1.73 bits per heavy atom. The average molecular weight is 310 g/mol. The first-order valence-electron chi connectivity index (χ1n) is 7.25. The molecule has 0 bridgehead atoms. The summed E-state index contributed by atoms with van der Waals surface area (Å²) in [5, 5.41) is 3.57. The van der Waals surface area contributed by atoms with Crippen molar-refractivity contribution >= 4 is 28.2 Å². The maximum absolute atomic E-state index is 11.9. The molecule has 110 valence electrons. The van der Waals surface area contributed by atoms with E-state index in [1.54, 1.807) is 6.08 Å². The van der Waals surface area contributed by atoms with Gasteiger partial charge in [-0.25, -0.2) is 0 Å². The topological polar surface area (TPSA) is 29.1 Å². The minimum atomic E-state index is -0.151. The van der Waals surface area contributed by atoms with Gasteiger partial charge in [0.25, 0.3) is 0 Å². The van der Waals surface area contributed by atoms with Crippen LogP contribution in [0.5, 0.6) is 0 Å². The van der Waals surface area contributed by atoms with Crippen molar-refractivity contribution in [2.24, 2.45) is 0 Å². The molecule has 22 heavy (non-hydrogen) atoms. The summed E-state index contributed by atoms with van der Waals surface area (Å²) in [4.78, 5) is 11.9. The van der Waals surface area contributed by atoms with Gasteiger partial charge in [-0.05, 0) is 41.7 Å². The fourth-order valence-electron chi connectivity index (χ4n) is 2.54. The number of carbonyl (C=O) groups excluding carboxylic acids is 1. The molecule has 3 rings (SSSR count). The highest BCUT2D eigenvalue weighted by molar-refractivity contribution is 6.49. The number of nitrogens with one attached hydrogen (secondary N) is 1. The Kier molecular flexibility index (Phi) is 4.40. The van der Waals surface area contributed by atoms with Crippen molar-refractivity contribution in [1.82, 2.24) is 0 Å². The van der Waals surface area contributed by atoms with E-state index >= 15 is 0 Å². The van der Waals surface area contributed by atoms with Crippen LogP contribution in [-0.4, -0.2) is 5.91 Å². The molecule has 0 fully saturated rings. The van der Waals surface area contributed by atoms with Crippen LogP contribution in [0.2, 0.25) is 0 Å². The van der Waals surface area contributed by atoms with E-state index in [1.165, 1.54) is 5.56 Å². The lowest BCUT2D eigenvalue weighted by molar-refractivity contribution is -0.111. The average Bonchev–Trinajstić information content (AvgIpc) is 2.55. The zero-order valence-corrected chi connectivity index (χ0v) is 12.8. The molecular weight excluding hydrogens is 294 g/mol. The first kappa shape index (κ1) is 14.6. The molecule has 3 heteroatoms. The fraction of sp³-hybridized carbons (Fsp3) is 0.105. The molecule has 2 aromatic rings. The van der Waals surface area contributed by atoms with Gasteiger partial charge in [-0.1, -0.05) is 60.1 Å². The molecule has 0 saturated heterocycles. The van der Waals surface area contributed by atoms with Gasteiger partial charge >= 0.3 is 0 Å². The third kappa shape index (κ3) is 3.29. The predicted octanol–water partition coefficient (Wildman–Crippen LogP) is 4.78. The van der Waals surface area contributed by atoms with Crippen LogP contribution in [0.4, 0.5) is 5.69 Å².